The third-order valence-corrected chi connectivity index (χ3v) is 3.52. The molecular weight excluding hydrogens is 200 g/mol. The van der Waals surface area contributed by atoms with E-state index >= 15 is 0 Å². The van der Waals surface area contributed by atoms with Crippen molar-refractivity contribution in [1.29, 1.82) is 0 Å². The lowest BCUT2D eigenvalue weighted by Crippen LogP contribution is -2.29. The van der Waals surface area contributed by atoms with Gasteiger partial charge in [0.25, 0.3) is 0 Å². The highest BCUT2D eigenvalue weighted by atomic mass is 16.3. The fourth-order valence-corrected chi connectivity index (χ4v) is 2.74. The van der Waals surface area contributed by atoms with Crippen molar-refractivity contribution in [3.8, 4) is 0 Å². The Kier molecular flexibility index (Phi) is 2.66. The number of hydrogen-bond acceptors (Lipinski definition) is 3. The van der Waals surface area contributed by atoms with Crippen LogP contribution in [0, 0.1) is 5.41 Å². The van der Waals surface area contributed by atoms with Gasteiger partial charge in [0, 0.05) is 12.6 Å². The lowest BCUT2D eigenvalue weighted by molar-refractivity contribution is 0.0380. The monoisotopic (exact) mass is 220 g/mol. The third kappa shape index (κ3) is 2.35. The molecule has 0 spiro atoms. The van der Waals surface area contributed by atoms with Crippen molar-refractivity contribution in [1.82, 2.24) is 4.98 Å². The van der Waals surface area contributed by atoms with Crippen LogP contribution in [0.25, 0.3) is 0 Å². The van der Waals surface area contributed by atoms with Crippen LogP contribution in [0.5, 0.6) is 0 Å². The first kappa shape index (κ1) is 11.4. The molecule has 0 bridgehead atoms. The molecule has 16 heavy (non-hydrogen) atoms. The maximum absolute atomic E-state index is 10.5. The van der Waals surface area contributed by atoms with E-state index in [0.717, 1.165) is 24.8 Å². The first-order chi connectivity index (χ1) is 7.40. The summed E-state index contributed by atoms with van der Waals surface area (Å²) in [5.41, 5.74) is 6.41. The van der Waals surface area contributed by atoms with Gasteiger partial charge in [0.2, 0.25) is 0 Å². The fourth-order valence-electron chi connectivity index (χ4n) is 2.74. The van der Waals surface area contributed by atoms with Gasteiger partial charge in [-0.3, -0.25) is 0 Å². The Labute approximate surface area is 96.7 Å². The molecule has 3 N–H and O–H groups in total. The molecule has 2 rings (SSSR count). The van der Waals surface area contributed by atoms with Crippen molar-refractivity contribution in [3.05, 3.63) is 23.9 Å². The van der Waals surface area contributed by atoms with Gasteiger partial charge in [-0.15, -0.1) is 0 Å². The second-order valence-electron chi connectivity index (χ2n) is 5.79. The number of anilines is 1. The molecule has 0 aromatic carbocycles. The average Bonchev–Trinajstić information content (AvgIpc) is 2.45. The van der Waals surface area contributed by atoms with Gasteiger partial charge in [0.15, 0.2) is 0 Å². The number of nitrogens with zero attached hydrogens (tertiary/aromatic N) is 1. The first-order valence-corrected chi connectivity index (χ1v) is 5.82. The molecule has 1 unspecified atom stereocenters. The van der Waals surface area contributed by atoms with Gasteiger partial charge in [-0.25, -0.2) is 4.98 Å². The van der Waals surface area contributed by atoms with E-state index in [-0.39, 0.29) is 5.41 Å². The van der Waals surface area contributed by atoms with Crippen molar-refractivity contribution in [2.45, 2.75) is 45.1 Å². The van der Waals surface area contributed by atoms with Gasteiger partial charge in [-0.05, 0) is 36.3 Å². The molecule has 3 heteroatoms. The topological polar surface area (TPSA) is 59.1 Å². The quantitative estimate of drug-likeness (QED) is 0.803. The standard InChI is InChI=1S/C13H20N2O/c1-12(2)5-6-13(16,9-12)8-10-4-3-7-15-11(10)14/h3-4,7,16H,5-6,8-9H2,1-2H3,(H2,14,15). The molecule has 1 aliphatic carbocycles. The highest BCUT2D eigenvalue weighted by molar-refractivity contribution is 5.39. The third-order valence-electron chi connectivity index (χ3n) is 3.52. The van der Waals surface area contributed by atoms with E-state index in [9.17, 15) is 5.11 Å². The zero-order chi connectivity index (χ0) is 11.8. The van der Waals surface area contributed by atoms with Crippen molar-refractivity contribution >= 4 is 5.82 Å². The first-order valence-electron chi connectivity index (χ1n) is 5.82. The smallest absolute Gasteiger partial charge is 0.126 e. The second-order valence-corrected chi connectivity index (χ2v) is 5.79. The highest BCUT2D eigenvalue weighted by Gasteiger charge is 2.41. The Morgan fingerprint density at radius 2 is 2.19 bits per heavy atom. The number of nitrogen functional groups attached to an aromatic ring is 1. The minimum Gasteiger partial charge on any atom is -0.390 e. The molecular formula is C13H20N2O. The molecule has 0 amide bonds. The number of hydrogen-bond donors (Lipinski definition) is 2. The Balaban J connectivity index is 2.14. The van der Waals surface area contributed by atoms with Crippen molar-refractivity contribution < 1.29 is 5.11 Å². The summed E-state index contributed by atoms with van der Waals surface area (Å²) >= 11 is 0. The van der Waals surface area contributed by atoms with Gasteiger partial charge in [-0.2, -0.15) is 0 Å². The zero-order valence-corrected chi connectivity index (χ0v) is 10.0. The largest absolute Gasteiger partial charge is 0.390 e. The maximum atomic E-state index is 10.5. The Hall–Kier alpha value is -1.09. The number of aliphatic hydroxyl groups is 1. The summed E-state index contributed by atoms with van der Waals surface area (Å²) in [5.74, 6) is 0.542. The second kappa shape index (κ2) is 3.74. The van der Waals surface area contributed by atoms with Crippen LogP contribution in [0.2, 0.25) is 0 Å². The Bertz CT molecular complexity index is 389. The number of pyridine rings is 1. The van der Waals surface area contributed by atoms with Gasteiger partial charge in [-0.1, -0.05) is 19.9 Å². The predicted octanol–water partition coefficient (Wildman–Crippen LogP) is 2.15. The lowest BCUT2D eigenvalue weighted by atomic mass is 9.86. The minimum absolute atomic E-state index is 0.242. The number of rotatable bonds is 2. The summed E-state index contributed by atoms with van der Waals surface area (Å²) in [6, 6.07) is 3.82. The number of aromatic nitrogens is 1. The molecule has 1 aromatic rings. The summed E-state index contributed by atoms with van der Waals surface area (Å²) in [7, 11) is 0. The van der Waals surface area contributed by atoms with Gasteiger partial charge < -0.3 is 10.8 Å². The van der Waals surface area contributed by atoms with E-state index in [4.69, 9.17) is 5.73 Å². The fraction of sp³-hybridized carbons (Fsp3) is 0.615. The van der Waals surface area contributed by atoms with Crippen LogP contribution >= 0.6 is 0 Å². The van der Waals surface area contributed by atoms with Crippen LogP contribution in [0.3, 0.4) is 0 Å². The molecule has 88 valence electrons. The molecule has 1 fully saturated rings. The molecule has 1 aliphatic rings. The van der Waals surface area contributed by atoms with E-state index in [1.54, 1.807) is 6.20 Å². The Morgan fingerprint density at radius 3 is 2.75 bits per heavy atom. The molecule has 1 atom stereocenters. The van der Waals surface area contributed by atoms with Crippen molar-refractivity contribution in [3.63, 3.8) is 0 Å². The van der Waals surface area contributed by atoms with Gasteiger partial charge in [0.1, 0.15) is 5.82 Å². The summed E-state index contributed by atoms with van der Waals surface area (Å²) < 4.78 is 0. The molecule has 1 saturated carbocycles. The Morgan fingerprint density at radius 1 is 1.44 bits per heavy atom. The van der Waals surface area contributed by atoms with Crippen LogP contribution < -0.4 is 5.73 Å². The molecule has 3 nitrogen and oxygen atoms in total. The van der Waals surface area contributed by atoms with Gasteiger partial charge >= 0.3 is 0 Å². The van der Waals surface area contributed by atoms with E-state index in [1.165, 1.54) is 0 Å². The van der Waals surface area contributed by atoms with Gasteiger partial charge in [0.05, 0.1) is 5.60 Å². The van der Waals surface area contributed by atoms with Crippen molar-refractivity contribution in [2.75, 3.05) is 5.73 Å². The normalized spacial score (nSPS) is 28.2. The SMILES string of the molecule is CC1(C)CCC(O)(Cc2cccnc2N)C1. The molecule has 0 radical (unpaired) electrons. The summed E-state index contributed by atoms with van der Waals surface area (Å²) in [5, 5.41) is 10.5. The van der Waals surface area contributed by atoms with E-state index in [2.05, 4.69) is 18.8 Å². The summed E-state index contributed by atoms with van der Waals surface area (Å²) in [6.07, 6.45) is 5.07. The zero-order valence-electron chi connectivity index (χ0n) is 10.0. The molecule has 1 aromatic heterocycles. The molecule has 0 aliphatic heterocycles. The van der Waals surface area contributed by atoms with Crippen LogP contribution in [-0.4, -0.2) is 15.7 Å². The lowest BCUT2D eigenvalue weighted by Gasteiger charge is -2.25. The van der Waals surface area contributed by atoms with E-state index < -0.39 is 5.60 Å². The van der Waals surface area contributed by atoms with E-state index in [0.29, 0.717) is 12.2 Å². The summed E-state index contributed by atoms with van der Waals surface area (Å²) in [6.45, 7) is 4.41. The van der Waals surface area contributed by atoms with Crippen molar-refractivity contribution in [2.24, 2.45) is 5.41 Å². The highest BCUT2D eigenvalue weighted by Crippen LogP contribution is 2.45. The van der Waals surface area contributed by atoms with E-state index in [1.807, 2.05) is 12.1 Å². The minimum atomic E-state index is -0.597. The van der Waals surface area contributed by atoms with Crippen LogP contribution in [0.4, 0.5) is 5.82 Å². The molecule has 0 saturated heterocycles. The molecule has 1 heterocycles. The number of nitrogens with two attached hydrogens (primary N) is 1. The van der Waals surface area contributed by atoms with Crippen LogP contribution in [-0.2, 0) is 6.42 Å². The maximum Gasteiger partial charge on any atom is 0.126 e. The van der Waals surface area contributed by atoms with Crippen LogP contribution in [0.1, 0.15) is 38.7 Å². The van der Waals surface area contributed by atoms with Crippen LogP contribution in [0.15, 0.2) is 18.3 Å². The summed E-state index contributed by atoms with van der Waals surface area (Å²) in [4.78, 5) is 4.06. The predicted molar refractivity (Wildman–Crippen MR) is 64.9 cm³/mol. The average molecular weight is 220 g/mol.